The van der Waals surface area contributed by atoms with Crippen molar-refractivity contribution in [3.05, 3.63) is 23.8 Å². The molecule has 1 aromatic carbocycles. The monoisotopic (exact) mass is 209 g/mol. The topological polar surface area (TPSA) is 30.5 Å². The quantitative estimate of drug-likeness (QED) is 0.807. The second kappa shape index (κ2) is 5.61. The summed E-state index contributed by atoms with van der Waals surface area (Å²) >= 11 is 0. The number of ether oxygens (including phenoxy) is 2. The van der Waals surface area contributed by atoms with E-state index in [2.05, 4.69) is 18.3 Å². The van der Waals surface area contributed by atoms with Crippen molar-refractivity contribution in [2.24, 2.45) is 0 Å². The maximum absolute atomic E-state index is 5.39. The highest BCUT2D eigenvalue weighted by Gasteiger charge is 2.15. The van der Waals surface area contributed by atoms with Gasteiger partial charge in [0, 0.05) is 11.6 Å². The summed E-state index contributed by atoms with van der Waals surface area (Å²) < 4.78 is 10.7. The average molecular weight is 209 g/mol. The zero-order chi connectivity index (χ0) is 11.3. The van der Waals surface area contributed by atoms with E-state index in [1.54, 1.807) is 14.2 Å². The maximum atomic E-state index is 5.39. The summed E-state index contributed by atoms with van der Waals surface area (Å²) in [5.41, 5.74) is 1.14. The van der Waals surface area contributed by atoms with E-state index in [1.807, 2.05) is 19.2 Å². The van der Waals surface area contributed by atoms with Crippen LogP contribution in [0, 0.1) is 0 Å². The molecular formula is C12H19NO2. The van der Waals surface area contributed by atoms with Crippen molar-refractivity contribution in [3.63, 3.8) is 0 Å². The van der Waals surface area contributed by atoms with Gasteiger partial charge in [0.1, 0.15) is 0 Å². The van der Waals surface area contributed by atoms with Crippen molar-refractivity contribution in [1.29, 1.82) is 0 Å². The number of hydrogen-bond donors (Lipinski definition) is 1. The Morgan fingerprint density at radius 3 is 2.47 bits per heavy atom. The molecule has 1 rings (SSSR count). The minimum absolute atomic E-state index is 0.301. The molecule has 0 fully saturated rings. The largest absolute Gasteiger partial charge is 0.493 e. The second-order valence-corrected chi connectivity index (χ2v) is 3.33. The lowest BCUT2D eigenvalue weighted by atomic mass is 10.0. The minimum atomic E-state index is 0.301. The van der Waals surface area contributed by atoms with Crippen LogP contribution in [0.15, 0.2) is 18.2 Å². The first kappa shape index (κ1) is 11.9. The molecule has 0 unspecified atom stereocenters. The third-order valence-electron chi connectivity index (χ3n) is 2.57. The molecule has 0 aliphatic rings. The molecular weight excluding hydrogens is 190 g/mol. The van der Waals surface area contributed by atoms with Crippen LogP contribution < -0.4 is 14.8 Å². The summed E-state index contributed by atoms with van der Waals surface area (Å²) in [6.45, 7) is 2.14. The van der Waals surface area contributed by atoms with Gasteiger partial charge in [-0.05, 0) is 19.5 Å². The molecule has 1 aromatic rings. The standard InChI is InChI=1S/C12H19NO2/c1-5-10(13-2)9-7-6-8-11(14-3)12(9)15-4/h6-8,10,13H,5H2,1-4H3/t10-/m0/s1. The van der Waals surface area contributed by atoms with Gasteiger partial charge in [-0.3, -0.25) is 0 Å². The van der Waals surface area contributed by atoms with E-state index in [1.165, 1.54) is 0 Å². The van der Waals surface area contributed by atoms with Crippen LogP contribution in [0.4, 0.5) is 0 Å². The van der Waals surface area contributed by atoms with Gasteiger partial charge >= 0.3 is 0 Å². The lowest BCUT2D eigenvalue weighted by Gasteiger charge is -2.19. The van der Waals surface area contributed by atoms with Crippen molar-refractivity contribution in [1.82, 2.24) is 5.32 Å². The molecule has 0 aromatic heterocycles. The van der Waals surface area contributed by atoms with E-state index < -0.39 is 0 Å². The molecule has 0 amide bonds. The Balaban J connectivity index is 3.15. The SMILES string of the molecule is CC[C@H](NC)c1cccc(OC)c1OC. The number of para-hydroxylation sites is 1. The Kier molecular flexibility index (Phi) is 4.43. The van der Waals surface area contributed by atoms with Gasteiger partial charge < -0.3 is 14.8 Å². The Morgan fingerprint density at radius 2 is 2.00 bits per heavy atom. The molecule has 0 aliphatic carbocycles. The van der Waals surface area contributed by atoms with Gasteiger partial charge in [-0.2, -0.15) is 0 Å². The van der Waals surface area contributed by atoms with Crippen molar-refractivity contribution >= 4 is 0 Å². The van der Waals surface area contributed by atoms with Crippen molar-refractivity contribution in [3.8, 4) is 11.5 Å². The molecule has 84 valence electrons. The van der Waals surface area contributed by atoms with Crippen LogP contribution in [0.25, 0.3) is 0 Å². The van der Waals surface area contributed by atoms with Crippen LogP contribution in [-0.4, -0.2) is 21.3 Å². The Bertz CT molecular complexity index is 308. The predicted octanol–water partition coefficient (Wildman–Crippen LogP) is 2.37. The van der Waals surface area contributed by atoms with Gasteiger partial charge in [-0.1, -0.05) is 19.1 Å². The van der Waals surface area contributed by atoms with Crippen LogP contribution in [0.5, 0.6) is 11.5 Å². The van der Waals surface area contributed by atoms with Gasteiger partial charge in [-0.25, -0.2) is 0 Å². The van der Waals surface area contributed by atoms with Gasteiger partial charge in [0.05, 0.1) is 14.2 Å². The second-order valence-electron chi connectivity index (χ2n) is 3.33. The van der Waals surface area contributed by atoms with E-state index in [4.69, 9.17) is 9.47 Å². The van der Waals surface area contributed by atoms with Crippen LogP contribution in [-0.2, 0) is 0 Å². The van der Waals surface area contributed by atoms with E-state index in [0.717, 1.165) is 23.5 Å². The van der Waals surface area contributed by atoms with Crippen molar-refractivity contribution in [2.75, 3.05) is 21.3 Å². The first-order valence-electron chi connectivity index (χ1n) is 5.16. The number of rotatable bonds is 5. The molecule has 0 aliphatic heterocycles. The lowest BCUT2D eigenvalue weighted by Crippen LogP contribution is -2.16. The van der Waals surface area contributed by atoms with Crippen LogP contribution in [0.3, 0.4) is 0 Å². The first-order chi connectivity index (χ1) is 7.28. The minimum Gasteiger partial charge on any atom is -0.493 e. The summed E-state index contributed by atoms with van der Waals surface area (Å²) in [7, 11) is 5.28. The highest BCUT2D eigenvalue weighted by Crippen LogP contribution is 2.35. The Morgan fingerprint density at radius 1 is 1.27 bits per heavy atom. The fraction of sp³-hybridized carbons (Fsp3) is 0.500. The number of hydrogen-bond acceptors (Lipinski definition) is 3. The fourth-order valence-electron chi connectivity index (χ4n) is 1.77. The molecule has 3 nitrogen and oxygen atoms in total. The summed E-state index contributed by atoms with van der Waals surface area (Å²) in [5, 5.41) is 3.26. The van der Waals surface area contributed by atoms with Crippen LogP contribution >= 0.6 is 0 Å². The summed E-state index contributed by atoms with van der Waals surface area (Å²) in [6, 6.07) is 6.25. The third kappa shape index (κ3) is 2.42. The number of benzene rings is 1. The zero-order valence-corrected chi connectivity index (χ0v) is 9.83. The van der Waals surface area contributed by atoms with Crippen LogP contribution in [0.1, 0.15) is 24.9 Å². The third-order valence-corrected chi connectivity index (χ3v) is 2.57. The van der Waals surface area contributed by atoms with E-state index >= 15 is 0 Å². The summed E-state index contributed by atoms with van der Waals surface area (Å²) in [4.78, 5) is 0. The highest BCUT2D eigenvalue weighted by atomic mass is 16.5. The smallest absolute Gasteiger partial charge is 0.165 e. The van der Waals surface area contributed by atoms with Crippen molar-refractivity contribution in [2.45, 2.75) is 19.4 Å². The molecule has 1 atom stereocenters. The summed E-state index contributed by atoms with van der Waals surface area (Å²) in [5.74, 6) is 1.60. The molecule has 0 bridgehead atoms. The molecule has 0 spiro atoms. The molecule has 3 heteroatoms. The molecule has 0 radical (unpaired) electrons. The molecule has 15 heavy (non-hydrogen) atoms. The molecule has 0 saturated heterocycles. The van der Waals surface area contributed by atoms with E-state index in [9.17, 15) is 0 Å². The highest BCUT2D eigenvalue weighted by molar-refractivity contribution is 5.48. The Hall–Kier alpha value is -1.22. The molecule has 1 N–H and O–H groups in total. The number of methoxy groups -OCH3 is 2. The molecule has 0 heterocycles. The van der Waals surface area contributed by atoms with Crippen molar-refractivity contribution < 1.29 is 9.47 Å². The van der Waals surface area contributed by atoms with Gasteiger partial charge in [0.15, 0.2) is 11.5 Å². The normalized spacial score (nSPS) is 12.3. The average Bonchev–Trinajstić information content (AvgIpc) is 2.30. The zero-order valence-electron chi connectivity index (χ0n) is 9.83. The number of nitrogens with one attached hydrogen (secondary N) is 1. The van der Waals surface area contributed by atoms with Crippen LogP contribution in [0.2, 0.25) is 0 Å². The fourth-order valence-corrected chi connectivity index (χ4v) is 1.77. The molecule has 0 saturated carbocycles. The van der Waals surface area contributed by atoms with E-state index in [0.29, 0.717) is 6.04 Å². The van der Waals surface area contributed by atoms with E-state index in [-0.39, 0.29) is 0 Å². The first-order valence-corrected chi connectivity index (χ1v) is 5.16. The van der Waals surface area contributed by atoms with Gasteiger partial charge in [-0.15, -0.1) is 0 Å². The predicted molar refractivity (Wildman–Crippen MR) is 61.6 cm³/mol. The van der Waals surface area contributed by atoms with Gasteiger partial charge in [0.25, 0.3) is 0 Å². The lowest BCUT2D eigenvalue weighted by molar-refractivity contribution is 0.347. The summed E-state index contributed by atoms with van der Waals surface area (Å²) in [6.07, 6.45) is 1.01. The maximum Gasteiger partial charge on any atom is 0.165 e. The Labute approximate surface area is 91.4 Å². The van der Waals surface area contributed by atoms with Gasteiger partial charge in [0.2, 0.25) is 0 Å².